The highest BCUT2D eigenvalue weighted by molar-refractivity contribution is 6.28. The molecule has 0 saturated carbocycles. The lowest BCUT2D eigenvalue weighted by atomic mass is 10.1. The predicted molar refractivity (Wildman–Crippen MR) is 74.9 cm³/mol. The summed E-state index contributed by atoms with van der Waals surface area (Å²) in [5, 5.41) is 0.346. The molecule has 94 valence electrons. The lowest BCUT2D eigenvalue weighted by Gasteiger charge is -2.05. The molecule has 18 heavy (non-hydrogen) atoms. The summed E-state index contributed by atoms with van der Waals surface area (Å²) < 4.78 is 0. The lowest BCUT2D eigenvalue weighted by molar-refractivity contribution is 0.717. The van der Waals surface area contributed by atoms with Gasteiger partial charge in [-0.2, -0.15) is 0 Å². The monoisotopic (exact) mass is 260 g/mol. The number of rotatable bonds is 5. The minimum absolute atomic E-state index is 0.346. The third-order valence-electron chi connectivity index (χ3n) is 3.02. The van der Waals surface area contributed by atoms with E-state index in [-0.39, 0.29) is 0 Å². The zero-order chi connectivity index (χ0) is 12.8. The first-order valence-electron chi connectivity index (χ1n) is 6.27. The fourth-order valence-electron chi connectivity index (χ4n) is 1.97. The molecule has 0 atom stereocenters. The van der Waals surface area contributed by atoms with Crippen molar-refractivity contribution in [1.82, 2.24) is 9.97 Å². The van der Waals surface area contributed by atoms with Gasteiger partial charge < -0.3 is 0 Å². The Labute approximate surface area is 113 Å². The van der Waals surface area contributed by atoms with Crippen molar-refractivity contribution in [2.45, 2.75) is 32.6 Å². The summed E-state index contributed by atoms with van der Waals surface area (Å²) in [5.41, 5.74) is 3.59. The summed E-state index contributed by atoms with van der Waals surface area (Å²) in [6, 6.07) is 10.6. The third-order valence-corrected chi connectivity index (χ3v) is 3.20. The Bertz CT molecular complexity index is 497. The fourth-order valence-corrected chi connectivity index (χ4v) is 2.12. The molecule has 0 aliphatic heterocycles. The summed E-state index contributed by atoms with van der Waals surface area (Å²) >= 11 is 5.80. The van der Waals surface area contributed by atoms with E-state index >= 15 is 0 Å². The number of unbranched alkanes of at least 4 members (excludes halogenated alkanes) is 1. The Hall–Kier alpha value is -1.41. The van der Waals surface area contributed by atoms with Crippen molar-refractivity contribution < 1.29 is 0 Å². The molecule has 0 N–H and O–H groups in total. The normalized spacial score (nSPS) is 10.6. The van der Waals surface area contributed by atoms with Crippen LogP contribution in [0.25, 0.3) is 0 Å². The van der Waals surface area contributed by atoms with Gasteiger partial charge in [0, 0.05) is 11.9 Å². The molecule has 0 aliphatic rings. The Balaban J connectivity index is 1.80. The maximum Gasteiger partial charge on any atom is 0.222 e. The first kappa shape index (κ1) is 13.0. The molecule has 0 unspecified atom stereocenters. The van der Waals surface area contributed by atoms with Crippen LogP contribution in [-0.4, -0.2) is 9.97 Å². The van der Waals surface area contributed by atoms with Gasteiger partial charge in [0.25, 0.3) is 0 Å². The van der Waals surface area contributed by atoms with Gasteiger partial charge in [-0.05, 0) is 55.3 Å². The van der Waals surface area contributed by atoms with Crippen LogP contribution in [-0.2, 0) is 12.8 Å². The number of hydrogen-bond acceptors (Lipinski definition) is 2. The van der Waals surface area contributed by atoms with Crippen molar-refractivity contribution in [2.24, 2.45) is 0 Å². The van der Waals surface area contributed by atoms with E-state index in [0.717, 1.165) is 30.5 Å². The lowest BCUT2D eigenvalue weighted by Crippen LogP contribution is -1.97. The second kappa shape index (κ2) is 6.50. The van der Waals surface area contributed by atoms with E-state index in [1.807, 2.05) is 6.92 Å². The van der Waals surface area contributed by atoms with Gasteiger partial charge in [0.2, 0.25) is 5.28 Å². The number of aryl methyl sites for hydroxylation is 3. The van der Waals surface area contributed by atoms with Gasteiger partial charge in [-0.15, -0.1) is 0 Å². The molecule has 0 amide bonds. The topological polar surface area (TPSA) is 25.8 Å². The van der Waals surface area contributed by atoms with Crippen LogP contribution in [0.3, 0.4) is 0 Å². The minimum Gasteiger partial charge on any atom is -0.226 e. The van der Waals surface area contributed by atoms with Crippen LogP contribution in [0.15, 0.2) is 36.5 Å². The Kier molecular flexibility index (Phi) is 4.71. The molecule has 2 rings (SSSR count). The SMILES string of the molecule is Cc1cnc(Cl)nc1CCCCc1ccccc1. The van der Waals surface area contributed by atoms with E-state index in [9.17, 15) is 0 Å². The van der Waals surface area contributed by atoms with Crippen LogP contribution in [0, 0.1) is 6.92 Å². The van der Waals surface area contributed by atoms with Gasteiger partial charge in [-0.25, -0.2) is 9.97 Å². The van der Waals surface area contributed by atoms with Crippen molar-refractivity contribution in [3.63, 3.8) is 0 Å². The Morgan fingerprint density at radius 2 is 1.78 bits per heavy atom. The van der Waals surface area contributed by atoms with Crippen LogP contribution in [0.1, 0.15) is 29.7 Å². The second-order valence-electron chi connectivity index (χ2n) is 4.46. The third kappa shape index (κ3) is 3.81. The van der Waals surface area contributed by atoms with Crippen molar-refractivity contribution in [3.05, 3.63) is 58.6 Å². The van der Waals surface area contributed by atoms with Gasteiger partial charge in [0.1, 0.15) is 0 Å². The predicted octanol–water partition coefficient (Wildman–Crippen LogP) is 4.00. The van der Waals surface area contributed by atoms with Crippen LogP contribution < -0.4 is 0 Å². The molecule has 0 fully saturated rings. The Morgan fingerprint density at radius 1 is 1.06 bits per heavy atom. The number of nitrogens with zero attached hydrogens (tertiary/aromatic N) is 2. The first-order chi connectivity index (χ1) is 8.75. The van der Waals surface area contributed by atoms with Gasteiger partial charge in [0.05, 0.1) is 0 Å². The van der Waals surface area contributed by atoms with E-state index in [1.54, 1.807) is 6.20 Å². The molecule has 3 heteroatoms. The van der Waals surface area contributed by atoms with Crippen LogP contribution in [0.5, 0.6) is 0 Å². The highest BCUT2D eigenvalue weighted by atomic mass is 35.5. The summed E-state index contributed by atoms with van der Waals surface area (Å²) in [6.07, 6.45) is 6.19. The standard InChI is InChI=1S/C15H17ClN2/c1-12-11-17-15(16)18-14(12)10-6-5-9-13-7-3-2-4-8-13/h2-4,7-8,11H,5-6,9-10H2,1H3. The number of aromatic nitrogens is 2. The molecule has 2 nitrogen and oxygen atoms in total. The van der Waals surface area contributed by atoms with E-state index in [0.29, 0.717) is 5.28 Å². The van der Waals surface area contributed by atoms with Crippen LogP contribution >= 0.6 is 11.6 Å². The molecule has 0 saturated heterocycles. The molecule has 1 aromatic carbocycles. The molecule has 0 radical (unpaired) electrons. The maximum absolute atomic E-state index is 5.80. The van der Waals surface area contributed by atoms with Crippen LogP contribution in [0.4, 0.5) is 0 Å². The number of hydrogen-bond donors (Lipinski definition) is 0. The molecular weight excluding hydrogens is 244 g/mol. The maximum atomic E-state index is 5.80. The van der Waals surface area contributed by atoms with E-state index in [2.05, 4.69) is 40.3 Å². The van der Waals surface area contributed by atoms with E-state index in [1.165, 1.54) is 12.0 Å². The van der Waals surface area contributed by atoms with Gasteiger partial charge in [-0.3, -0.25) is 0 Å². The minimum atomic E-state index is 0.346. The molecule has 0 aliphatic carbocycles. The van der Waals surface area contributed by atoms with Gasteiger partial charge in [-0.1, -0.05) is 30.3 Å². The van der Waals surface area contributed by atoms with Crippen molar-refractivity contribution >= 4 is 11.6 Å². The average Bonchev–Trinajstić information content (AvgIpc) is 2.40. The molecule has 0 spiro atoms. The number of halogens is 1. The van der Waals surface area contributed by atoms with Gasteiger partial charge in [0.15, 0.2) is 0 Å². The van der Waals surface area contributed by atoms with Crippen molar-refractivity contribution in [2.75, 3.05) is 0 Å². The molecule has 2 aromatic rings. The van der Waals surface area contributed by atoms with Crippen molar-refractivity contribution in [3.8, 4) is 0 Å². The van der Waals surface area contributed by atoms with Crippen molar-refractivity contribution in [1.29, 1.82) is 0 Å². The number of benzene rings is 1. The zero-order valence-electron chi connectivity index (χ0n) is 10.6. The Morgan fingerprint density at radius 3 is 2.56 bits per heavy atom. The smallest absolute Gasteiger partial charge is 0.222 e. The summed E-state index contributed by atoms with van der Waals surface area (Å²) in [6.45, 7) is 2.03. The average molecular weight is 261 g/mol. The molecule has 1 heterocycles. The largest absolute Gasteiger partial charge is 0.226 e. The molecule has 0 bridgehead atoms. The highest BCUT2D eigenvalue weighted by Gasteiger charge is 2.02. The second-order valence-corrected chi connectivity index (χ2v) is 4.80. The first-order valence-corrected chi connectivity index (χ1v) is 6.65. The molecule has 1 aromatic heterocycles. The molecular formula is C15H17ClN2. The fraction of sp³-hybridized carbons (Fsp3) is 0.333. The van der Waals surface area contributed by atoms with E-state index < -0.39 is 0 Å². The summed E-state index contributed by atoms with van der Waals surface area (Å²) in [5.74, 6) is 0. The summed E-state index contributed by atoms with van der Waals surface area (Å²) in [4.78, 5) is 8.24. The van der Waals surface area contributed by atoms with Crippen LogP contribution in [0.2, 0.25) is 5.28 Å². The van der Waals surface area contributed by atoms with Gasteiger partial charge >= 0.3 is 0 Å². The summed E-state index contributed by atoms with van der Waals surface area (Å²) in [7, 11) is 0. The zero-order valence-corrected chi connectivity index (χ0v) is 11.3. The van der Waals surface area contributed by atoms with E-state index in [4.69, 9.17) is 11.6 Å². The quantitative estimate of drug-likeness (QED) is 0.600. The highest BCUT2D eigenvalue weighted by Crippen LogP contribution is 2.12.